The Morgan fingerprint density at radius 3 is 2.68 bits per heavy atom. The van der Waals surface area contributed by atoms with Gasteiger partial charge in [-0.25, -0.2) is 4.79 Å². The second kappa shape index (κ2) is 8.21. The second-order valence-electron chi connectivity index (χ2n) is 4.69. The molecule has 25 heavy (non-hydrogen) atoms. The zero-order valence-corrected chi connectivity index (χ0v) is 13.7. The lowest BCUT2D eigenvalue weighted by atomic mass is 10.2. The lowest BCUT2D eigenvalue weighted by molar-refractivity contribution is -0.123. The molecule has 9 heteroatoms. The maximum Gasteiger partial charge on any atom is 0.387 e. The van der Waals surface area contributed by atoms with Gasteiger partial charge in [0.2, 0.25) is 0 Å². The third-order valence-electron chi connectivity index (χ3n) is 3.00. The molecule has 1 N–H and O–H groups in total. The fourth-order valence-electron chi connectivity index (χ4n) is 1.82. The first-order valence-electron chi connectivity index (χ1n) is 6.95. The number of thiophene rings is 1. The van der Waals surface area contributed by atoms with Crippen LogP contribution in [0.3, 0.4) is 0 Å². The fraction of sp³-hybridized carbons (Fsp3) is 0.188. The number of rotatable bonds is 6. The summed E-state index contributed by atoms with van der Waals surface area (Å²) in [5.74, 6) is -1.98. The third kappa shape index (κ3) is 4.74. The number of anilines is 1. The predicted molar refractivity (Wildman–Crippen MR) is 85.6 cm³/mol. The number of alkyl halides is 2. The van der Waals surface area contributed by atoms with Crippen LogP contribution in [0.4, 0.5) is 13.8 Å². The molecule has 130 valence electrons. The smallest absolute Gasteiger partial charge is 0.387 e. The summed E-state index contributed by atoms with van der Waals surface area (Å²) in [6.45, 7) is -1.78. The van der Waals surface area contributed by atoms with Gasteiger partial charge in [0.15, 0.2) is 6.10 Å². The summed E-state index contributed by atoms with van der Waals surface area (Å²) >= 11 is 1.15. The number of nitriles is 1. The van der Waals surface area contributed by atoms with E-state index in [1.165, 1.54) is 37.3 Å². The molecule has 0 aliphatic carbocycles. The SMILES string of the molecule is C[C@@H](OC(=O)c1ccccc1OC(F)F)C(=O)Nc1sccc1C#N. The highest BCUT2D eigenvalue weighted by molar-refractivity contribution is 7.14. The van der Waals surface area contributed by atoms with Crippen LogP contribution in [0.25, 0.3) is 0 Å². The van der Waals surface area contributed by atoms with Crippen LogP contribution in [0, 0.1) is 11.3 Å². The van der Waals surface area contributed by atoms with Crippen LogP contribution in [0.2, 0.25) is 0 Å². The number of hydrogen-bond acceptors (Lipinski definition) is 6. The van der Waals surface area contributed by atoms with Crippen molar-refractivity contribution in [3.05, 3.63) is 46.8 Å². The minimum atomic E-state index is -3.10. The first-order chi connectivity index (χ1) is 11.9. The highest BCUT2D eigenvalue weighted by Crippen LogP contribution is 2.24. The summed E-state index contributed by atoms with van der Waals surface area (Å²) < 4.78 is 34.0. The zero-order chi connectivity index (χ0) is 18.4. The summed E-state index contributed by atoms with van der Waals surface area (Å²) in [5, 5.41) is 13.3. The number of halogens is 2. The minimum absolute atomic E-state index is 0.226. The summed E-state index contributed by atoms with van der Waals surface area (Å²) in [7, 11) is 0. The fourth-order valence-corrected chi connectivity index (χ4v) is 2.56. The Kier molecular flexibility index (Phi) is 6.03. The van der Waals surface area contributed by atoms with Gasteiger partial charge in [-0.05, 0) is 30.5 Å². The van der Waals surface area contributed by atoms with Crippen molar-refractivity contribution in [2.75, 3.05) is 5.32 Å². The molecule has 0 saturated heterocycles. The van der Waals surface area contributed by atoms with E-state index in [4.69, 9.17) is 10.00 Å². The van der Waals surface area contributed by atoms with E-state index in [2.05, 4.69) is 10.1 Å². The van der Waals surface area contributed by atoms with Gasteiger partial charge in [-0.15, -0.1) is 11.3 Å². The van der Waals surface area contributed by atoms with E-state index in [0.29, 0.717) is 5.00 Å². The van der Waals surface area contributed by atoms with E-state index in [0.717, 1.165) is 11.3 Å². The van der Waals surface area contributed by atoms with Gasteiger partial charge in [-0.1, -0.05) is 12.1 Å². The van der Waals surface area contributed by atoms with E-state index >= 15 is 0 Å². The highest BCUT2D eigenvalue weighted by Gasteiger charge is 2.23. The summed E-state index contributed by atoms with van der Waals surface area (Å²) in [6, 6.07) is 8.76. The van der Waals surface area contributed by atoms with Gasteiger partial charge in [0.25, 0.3) is 5.91 Å². The number of esters is 1. The van der Waals surface area contributed by atoms with Gasteiger partial charge in [0, 0.05) is 0 Å². The Morgan fingerprint density at radius 2 is 2.00 bits per heavy atom. The molecular formula is C16H12F2N2O4S. The Morgan fingerprint density at radius 1 is 1.28 bits per heavy atom. The summed E-state index contributed by atoms with van der Waals surface area (Å²) in [5.41, 5.74) is 0.0591. The largest absolute Gasteiger partial charge is 0.449 e. The summed E-state index contributed by atoms with van der Waals surface area (Å²) in [4.78, 5) is 24.2. The number of benzene rings is 1. The number of ether oxygens (including phenoxy) is 2. The van der Waals surface area contributed by atoms with Crippen LogP contribution in [-0.2, 0) is 9.53 Å². The van der Waals surface area contributed by atoms with Crippen LogP contribution in [0.15, 0.2) is 35.7 Å². The lowest BCUT2D eigenvalue weighted by Crippen LogP contribution is -2.30. The molecule has 2 rings (SSSR count). The second-order valence-corrected chi connectivity index (χ2v) is 5.60. The highest BCUT2D eigenvalue weighted by atomic mass is 32.1. The Labute approximate surface area is 145 Å². The van der Waals surface area contributed by atoms with Crippen LogP contribution in [-0.4, -0.2) is 24.6 Å². The van der Waals surface area contributed by atoms with Gasteiger partial charge in [-0.2, -0.15) is 14.0 Å². The summed E-state index contributed by atoms with van der Waals surface area (Å²) in [6.07, 6.45) is -1.21. The molecule has 2 aromatic rings. The van der Waals surface area contributed by atoms with Crippen molar-refractivity contribution >= 4 is 28.2 Å². The number of carbonyl (C=O) groups is 2. The molecule has 0 bridgehead atoms. The first-order valence-corrected chi connectivity index (χ1v) is 7.83. The Bertz CT molecular complexity index is 816. The van der Waals surface area contributed by atoms with Crippen LogP contribution >= 0.6 is 11.3 Å². The quantitative estimate of drug-likeness (QED) is 0.792. The Balaban J connectivity index is 2.05. The predicted octanol–water partition coefficient (Wildman–Crippen LogP) is 3.41. The van der Waals surface area contributed by atoms with Crippen molar-refractivity contribution in [2.24, 2.45) is 0 Å². The molecular weight excluding hydrogens is 354 g/mol. The van der Waals surface area contributed by atoms with Crippen molar-refractivity contribution in [1.29, 1.82) is 5.26 Å². The molecule has 0 unspecified atom stereocenters. The molecule has 0 spiro atoms. The van der Waals surface area contributed by atoms with Gasteiger partial charge < -0.3 is 14.8 Å². The average molecular weight is 366 g/mol. The van der Waals surface area contributed by atoms with Crippen molar-refractivity contribution < 1.29 is 27.8 Å². The van der Waals surface area contributed by atoms with Gasteiger partial charge in [0.05, 0.1) is 5.56 Å². The maximum atomic E-state index is 12.4. The minimum Gasteiger partial charge on any atom is -0.449 e. The number of amides is 1. The molecule has 6 nitrogen and oxygen atoms in total. The van der Waals surface area contributed by atoms with E-state index in [-0.39, 0.29) is 16.9 Å². The third-order valence-corrected chi connectivity index (χ3v) is 3.83. The number of hydrogen-bond donors (Lipinski definition) is 1. The topological polar surface area (TPSA) is 88.4 Å². The standard InChI is InChI=1S/C16H12F2N2O4S/c1-9(13(21)20-14-10(8-19)6-7-25-14)23-15(22)11-4-2-3-5-12(11)24-16(17)18/h2-7,9,16H,1H3,(H,20,21)/t9-/m1/s1. The van der Waals surface area contributed by atoms with Crippen LogP contribution < -0.4 is 10.1 Å². The molecule has 1 amide bonds. The normalized spacial score (nSPS) is 11.5. The molecule has 0 saturated carbocycles. The molecule has 1 aromatic carbocycles. The van der Waals surface area contributed by atoms with Crippen molar-refractivity contribution in [3.8, 4) is 11.8 Å². The monoisotopic (exact) mass is 366 g/mol. The first kappa shape index (κ1) is 18.4. The van der Waals surface area contributed by atoms with E-state index in [9.17, 15) is 18.4 Å². The molecule has 1 heterocycles. The lowest BCUT2D eigenvalue weighted by Gasteiger charge is -2.14. The van der Waals surface area contributed by atoms with Crippen molar-refractivity contribution in [2.45, 2.75) is 19.6 Å². The maximum absolute atomic E-state index is 12.4. The number of carbonyl (C=O) groups excluding carboxylic acids is 2. The number of nitrogens with zero attached hydrogens (tertiary/aromatic N) is 1. The molecule has 0 aliphatic heterocycles. The molecule has 1 aromatic heterocycles. The van der Waals surface area contributed by atoms with Crippen LogP contribution in [0.5, 0.6) is 5.75 Å². The molecule has 0 fully saturated rings. The molecule has 0 radical (unpaired) electrons. The Hall–Kier alpha value is -2.99. The zero-order valence-electron chi connectivity index (χ0n) is 12.9. The van der Waals surface area contributed by atoms with Gasteiger partial charge in [-0.3, -0.25) is 4.79 Å². The number of para-hydroxylation sites is 1. The molecule has 0 aliphatic rings. The number of nitrogens with one attached hydrogen (secondary N) is 1. The van der Waals surface area contributed by atoms with Crippen molar-refractivity contribution in [3.63, 3.8) is 0 Å². The van der Waals surface area contributed by atoms with Gasteiger partial charge in [0.1, 0.15) is 22.4 Å². The van der Waals surface area contributed by atoms with E-state index in [1.807, 2.05) is 6.07 Å². The van der Waals surface area contributed by atoms with E-state index in [1.54, 1.807) is 5.38 Å². The average Bonchev–Trinajstić information content (AvgIpc) is 3.01. The van der Waals surface area contributed by atoms with Gasteiger partial charge >= 0.3 is 12.6 Å². The van der Waals surface area contributed by atoms with E-state index < -0.39 is 24.6 Å². The van der Waals surface area contributed by atoms with Crippen LogP contribution in [0.1, 0.15) is 22.8 Å². The van der Waals surface area contributed by atoms with Crippen molar-refractivity contribution in [1.82, 2.24) is 0 Å². The molecule has 1 atom stereocenters.